The molecular weight excluding hydrogens is 222 g/mol. The number of nitrogen functional groups attached to an aromatic ring is 1. The second-order valence-corrected chi connectivity index (χ2v) is 3.84. The second kappa shape index (κ2) is 5.05. The summed E-state index contributed by atoms with van der Waals surface area (Å²) in [6.45, 7) is 1.10. The number of nitrogens with two attached hydrogens (primary N) is 1. The molecule has 1 saturated heterocycles. The van der Waals surface area contributed by atoms with Crippen LogP contribution >= 0.6 is 0 Å². The van der Waals surface area contributed by atoms with E-state index in [0.29, 0.717) is 30.2 Å². The maximum atomic E-state index is 11.8. The molecule has 1 fully saturated rings. The molecule has 2 N–H and O–H groups in total. The lowest BCUT2D eigenvalue weighted by molar-refractivity contribution is 0.0272. The minimum absolute atomic E-state index is 0.163. The van der Waals surface area contributed by atoms with Crippen molar-refractivity contribution >= 4 is 11.7 Å². The van der Waals surface area contributed by atoms with Crippen molar-refractivity contribution in [2.75, 3.05) is 26.1 Å². The zero-order valence-corrected chi connectivity index (χ0v) is 9.64. The van der Waals surface area contributed by atoms with Gasteiger partial charge < -0.3 is 19.9 Å². The van der Waals surface area contributed by atoms with E-state index >= 15 is 0 Å². The van der Waals surface area contributed by atoms with Gasteiger partial charge in [0.05, 0.1) is 25.9 Å². The molecule has 1 heterocycles. The zero-order valence-electron chi connectivity index (χ0n) is 9.64. The summed E-state index contributed by atoms with van der Waals surface area (Å²) in [6, 6.07) is 4.88. The first-order valence-corrected chi connectivity index (χ1v) is 5.43. The number of carbonyl (C=O) groups is 1. The Balaban J connectivity index is 2.07. The van der Waals surface area contributed by atoms with Gasteiger partial charge in [-0.1, -0.05) is 0 Å². The molecule has 17 heavy (non-hydrogen) atoms. The average Bonchev–Trinajstić information content (AvgIpc) is 2.81. The summed E-state index contributed by atoms with van der Waals surface area (Å²) in [5, 5.41) is 0. The molecule has 0 spiro atoms. The largest absolute Gasteiger partial charge is 0.497 e. The average molecular weight is 237 g/mol. The Kier molecular flexibility index (Phi) is 3.49. The molecule has 1 aliphatic heterocycles. The predicted molar refractivity (Wildman–Crippen MR) is 62.0 cm³/mol. The van der Waals surface area contributed by atoms with Gasteiger partial charge in [-0.25, -0.2) is 4.79 Å². The van der Waals surface area contributed by atoms with Crippen LogP contribution in [-0.2, 0) is 9.47 Å². The molecule has 1 aliphatic rings. The first kappa shape index (κ1) is 11.7. The van der Waals surface area contributed by atoms with Crippen LogP contribution in [0.5, 0.6) is 5.75 Å². The second-order valence-electron chi connectivity index (χ2n) is 3.84. The molecule has 0 amide bonds. The molecule has 1 aromatic carbocycles. The highest BCUT2D eigenvalue weighted by Crippen LogP contribution is 2.21. The highest BCUT2D eigenvalue weighted by molar-refractivity contribution is 5.95. The van der Waals surface area contributed by atoms with E-state index < -0.39 is 5.97 Å². The first-order valence-electron chi connectivity index (χ1n) is 5.43. The van der Waals surface area contributed by atoms with E-state index in [1.165, 1.54) is 0 Å². The lowest BCUT2D eigenvalue weighted by Crippen LogP contribution is -2.19. The number of anilines is 1. The van der Waals surface area contributed by atoms with Crippen LogP contribution in [-0.4, -0.2) is 32.4 Å². The lowest BCUT2D eigenvalue weighted by atomic mass is 10.1. The van der Waals surface area contributed by atoms with E-state index in [9.17, 15) is 4.79 Å². The maximum Gasteiger partial charge on any atom is 0.340 e. The van der Waals surface area contributed by atoms with E-state index in [-0.39, 0.29) is 6.10 Å². The molecule has 0 radical (unpaired) electrons. The Morgan fingerprint density at radius 3 is 2.94 bits per heavy atom. The standard InChI is InChI=1S/C12H15NO4/c1-15-8-2-3-10(11(13)6-8)12(14)17-9-4-5-16-7-9/h2-3,6,9H,4-5,7,13H2,1H3. The molecule has 0 bridgehead atoms. The van der Waals surface area contributed by atoms with Crippen molar-refractivity contribution in [3.05, 3.63) is 23.8 Å². The van der Waals surface area contributed by atoms with Crippen LogP contribution in [0.2, 0.25) is 0 Å². The Hall–Kier alpha value is -1.75. The Bertz CT molecular complexity index is 413. The van der Waals surface area contributed by atoms with Crippen LogP contribution in [0.1, 0.15) is 16.8 Å². The van der Waals surface area contributed by atoms with Gasteiger partial charge in [0.15, 0.2) is 0 Å². The summed E-state index contributed by atoms with van der Waals surface area (Å²) < 4.78 is 15.4. The molecule has 1 unspecified atom stereocenters. The summed E-state index contributed by atoms with van der Waals surface area (Å²) in [4.78, 5) is 11.8. The van der Waals surface area contributed by atoms with Crippen molar-refractivity contribution in [3.63, 3.8) is 0 Å². The van der Waals surface area contributed by atoms with Gasteiger partial charge in [0.25, 0.3) is 0 Å². The van der Waals surface area contributed by atoms with E-state index in [0.717, 1.165) is 6.42 Å². The molecule has 2 rings (SSSR count). The highest BCUT2D eigenvalue weighted by atomic mass is 16.6. The third-order valence-electron chi connectivity index (χ3n) is 2.64. The Morgan fingerprint density at radius 1 is 1.53 bits per heavy atom. The van der Waals surface area contributed by atoms with Gasteiger partial charge in [-0.15, -0.1) is 0 Å². The SMILES string of the molecule is COc1ccc(C(=O)OC2CCOC2)c(N)c1. The van der Waals surface area contributed by atoms with Crippen LogP contribution in [0.25, 0.3) is 0 Å². The van der Waals surface area contributed by atoms with E-state index in [1.807, 2.05) is 0 Å². The number of hydrogen-bond donors (Lipinski definition) is 1. The molecule has 0 aliphatic carbocycles. The molecule has 5 nitrogen and oxygen atoms in total. The van der Waals surface area contributed by atoms with Crippen molar-refractivity contribution in [1.29, 1.82) is 0 Å². The summed E-state index contributed by atoms with van der Waals surface area (Å²) in [7, 11) is 1.54. The van der Waals surface area contributed by atoms with Gasteiger partial charge in [0.1, 0.15) is 11.9 Å². The normalized spacial score (nSPS) is 19.0. The van der Waals surface area contributed by atoms with Crippen molar-refractivity contribution in [1.82, 2.24) is 0 Å². The molecule has 1 aromatic rings. The number of benzene rings is 1. The van der Waals surface area contributed by atoms with Crippen molar-refractivity contribution in [2.45, 2.75) is 12.5 Å². The fraction of sp³-hybridized carbons (Fsp3) is 0.417. The monoisotopic (exact) mass is 237 g/mol. The number of carbonyl (C=O) groups excluding carboxylic acids is 1. The van der Waals surface area contributed by atoms with Crippen LogP contribution in [0.15, 0.2) is 18.2 Å². The van der Waals surface area contributed by atoms with Gasteiger partial charge in [-0.3, -0.25) is 0 Å². The Labute approximate surface area is 99.5 Å². The predicted octanol–water partition coefficient (Wildman–Crippen LogP) is 1.22. The van der Waals surface area contributed by atoms with Gasteiger partial charge in [-0.2, -0.15) is 0 Å². The van der Waals surface area contributed by atoms with Gasteiger partial charge >= 0.3 is 5.97 Å². The van der Waals surface area contributed by atoms with Crippen molar-refractivity contribution in [3.8, 4) is 5.75 Å². The zero-order chi connectivity index (χ0) is 12.3. The molecule has 0 saturated carbocycles. The molecular formula is C12H15NO4. The highest BCUT2D eigenvalue weighted by Gasteiger charge is 2.22. The van der Waals surface area contributed by atoms with Crippen LogP contribution < -0.4 is 10.5 Å². The summed E-state index contributed by atoms with van der Waals surface area (Å²) >= 11 is 0. The topological polar surface area (TPSA) is 70.8 Å². The van der Waals surface area contributed by atoms with E-state index in [4.69, 9.17) is 19.9 Å². The van der Waals surface area contributed by atoms with Gasteiger partial charge in [0.2, 0.25) is 0 Å². The fourth-order valence-corrected chi connectivity index (χ4v) is 1.67. The molecule has 5 heteroatoms. The van der Waals surface area contributed by atoms with E-state index in [2.05, 4.69) is 0 Å². The summed E-state index contributed by atoms with van der Waals surface area (Å²) in [6.07, 6.45) is 0.575. The number of methoxy groups -OCH3 is 1. The molecule has 92 valence electrons. The molecule has 0 aromatic heterocycles. The number of rotatable bonds is 3. The smallest absolute Gasteiger partial charge is 0.340 e. The number of hydrogen-bond acceptors (Lipinski definition) is 5. The maximum absolute atomic E-state index is 11.8. The van der Waals surface area contributed by atoms with Crippen molar-refractivity contribution < 1.29 is 19.0 Å². The fourth-order valence-electron chi connectivity index (χ4n) is 1.67. The van der Waals surface area contributed by atoms with Crippen molar-refractivity contribution in [2.24, 2.45) is 0 Å². The summed E-state index contributed by atoms with van der Waals surface area (Å²) in [5.41, 5.74) is 6.47. The van der Waals surface area contributed by atoms with Crippen LogP contribution in [0, 0.1) is 0 Å². The first-order chi connectivity index (χ1) is 8.20. The minimum atomic E-state index is -0.416. The van der Waals surface area contributed by atoms with Crippen LogP contribution in [0.4, 0.5) is 5.69 Å². The summed E-state index contributed by atoms with van der Waals surface area (Å²) in [5.74, 6) is 0.198. The lowest BCUT2D eigenvalue weighted by Gasteiger charge is -2.11. The third-order valence-corrected chi connectivity index (χ3v) is 2.64. The third kappa shape index (κ3) is 2.68. The Morgan fingerprint density at radius 2 is 2.35 bits per heavy atom. The van der Waals surface area contributed by atoms with Gasteiger partial charge in [-0.05, 0) is 12.1 Å². The minimum Gasteiger partial charge on any atom is -0.497 e. The van der Waals surface area contributed by atoms with Gasteiger partial charge in [0, 0.05) is 18.2 Å². The number of ether oxygens (including phenoxy) is 3. The molecule has 1 atom stereocenters. The van der Waals surface area contributed by atoms with Crippen LogP contribution in [0.3, 0.4) is 0 Å². The van der Waals surface area contributed by atoms with E-state index in [1.54, 1.807) is 25.3 Å². The number of esters is 1. The quantitative estimate of drug-likeness (QED) is 0.632.